The Hall–Kier alpha value is -1.68. The SMILES string of the molecule is C=C(C(=O)OC)C(=S)Nc1ccc(C)cc1. The summed E-state index contributed by atoms with van der Waals surface area (Å²) in [4.78, 5) is 11.4. The number of hydrogen-bond donors (Lipinski definition) is 1. The molecule has 0 bridgehead atoms. The summed E-state index contributed by atoms with van der Waals surface area (Å²) in [6.07, 6.45) is 0. The first-order valence-electron chi connectivity index (χ1n) is 4.70. The molecular weight excluding hydrogens is 222 g/mol. The number of hydrogen-bond acceptors (Lipinski definition) is 3. The van der Waals surface area contributed by atoms with Gasteiger partial charge in [-0.15, -0.1) is 0 Å². The van der Waals surface area contributed by atoms with Gasteiger partial charge in [-0.25, -0.2) is 4.79 Å². The number of thiocarbonyl (C=S) groups is 1. The first kappa shape index (κ1) is 12.4. The average Bonchev–Trinajstić information content (AvgIpc) is 2.30. The van der Waals surface area contributed by atoms with Gasteiger partial charge in [0.25, 0.3) is 0 Å². The minimum atomic E-state index is -0.524. The normalized spacial score (nSPS) is 9.38. The van der Waals surface area contributed by atoms with Crippen molar-refractivity contribution in [1.29, 1.82) is 0 Å². The number of rotatable bonds is 3. The third-order valence-electron chi connectivity index (χ3n) is 2.02. The molecule has 0 aliphatic rings. The van der Waals surface area contributed by atoms with Gasteiger partial charge in [0.05, 0.1) is 12.7 Å². The van der Waals surface area contributed by atoms with Gasteiger partial charge >= 0.3 is 5.97 Å². The van der Waals surface area contributed by atoms with Crippen LogP contribution in [-0.2, 0) is 9.53 Å². The van der Waals surface area contributed by atoms with Crippen molar-refractivity contribution in [3.05, 3.63) is 42.0 Å². The number of methoxy groups -OCH3 is 1. The van der Waals surface area contributed by atoms with Crippen LogP contribution in [0, 0.1) is 6.92 Å². The number of nitrogens with one attached hydrogen (secondary N) is 1. The fourth-order valence-corrected chi connectivity index (χ4v) is 1.26. The Balaban J connectivity index is 2.68. The molecule has 0 radical (unpaired) electrons. The van der Waals surface area contributed by atoms with Gasteiger partial charge in [0.1, 0.15) is 4.99 Å². The highest BCUT2D eigenvalue weighted by Crippen LogP contribution is 2.10. The fraction of sp³-hybridized carbons (Fsp3) is 0.167. The van der Waals surface area contributed by atoms with E-state index in [1.807, 2.05) is 31.2 Å². The summed E-state index contributed by atoms with van der Waals surface area (Å²) in [6, 6.07) is 7.66. The van der Waals surface area contributed by atoms with Crippen molar-refractivity contribution in [2.24, 2.45) is 0 Å². The van der Waals surface area contributed by atoms with Crippen LogP contribution in [0.25, 0.3) is 0 Å². The van der Waals surface area contributed by atoms with E-state index in [4.69, 9.17) is 12.2 Å². The fourth-order valence-electron chi connectivity index (χ4n) is 1.06. The molecule has 0 aliphatic carbocycles. The number of ether oxygens (including phenoxy) is 1. The van der Waals surface area contributed by atoms with Crippen LogP contribution in [0.4, 0.5) is 5.69 Å². The van der Waals surface area contributed by atoms with Crippen molar-refractivity contribution in [3.8, 4) is 0 Å². The minimum absolute atomic E-state index is 0.151. The third-order valence-corrected chi connectivity index (χ3v) is 2.36. The lowest BCUT2D eigenvalue weighted by molar-refractivity contribution is -0.135. The van der Waals surface area contributed by atoms with Gasteiger partial charge in [0.2, 0.25) is 0 Å². The van der Waals surface area contributed by atoms with Crippen LogP contribution in [0.15, 0.2) is 36.4 Å². The van der Waals surface area contributed by atoms with Gasteiger partial charge in [-0.2, -0.15) is 0 Å². The molecule has 3 nitrogen and oxygen atoms in total. The first-order valence-corrected chi connectivity index (χ1v) is 5.10. The summed E-state index contributed by atoms with van der Waals surface area (Å²) in [5.74, 6) is -0.524. The third kappa shape index (κ3) is 3.17. The van der Waals surface area contributed by atoms with Gasteiger partial charge in [-0.1, -0.05) is 36.5 Å². The van der Waals surface area contributed by atoms with Gasteiger partial charge in [0.15, 0.2) is 0 Å². The molecular formula is C12H13NO2S. The van der Waals surface area contributed by atoms with Crippen LogP contribution in [0.5, 0.6) is 0 Å². The van der Waals surface area contributed by atoms with Crippen molar-refractivity contribution in [2.45, 2.75) is 6.92 Å². The van der Waals surface area contributed by atoms with Crippen LogP contribution in [0.3, 0.4) is 0 Å². The highest BCUT2D eigenvalue weighted by Gasteiger charge is 2.12. The molecule has 0 amide bonds. The maximum absolute atomic E-state index is 11.1. The summed E-state index contributed by atoms with van der Waals surface area (Å²) in [5.41, 5.74) is 2.13. The Morgan fingerprint density at radius 3 is 2.44 bits per heavy atom. The molecule has 1 aromatic rings. The van der Waals surface area contributed by atoms with Crippen LogP contribution >= 0.6 is 12.2 Å². The van der Waals surface area contributed by atoms with Crippen molar-refractivity contribution in [3.63, 3.8) is 0 Å². The van der Waals surface area contributed by atoms with E-state index in [1.54, 1.807) is 0 Å². The first-order chi connectivity index (χ1) is 7.54. The molecule has 1 N–H and O–H groups in total. The lowest BCUT2D eigenvalue weighted by Gasteiger charge is -2.08. The predicted octanol–water partition coefficient (Wildman–Crippen LogP) is 2.46. The zero-order valence-electron chi connectivity index (χ0n) is 9.24. The van der Waals surface area contributed by atoms with Gasteiger partial charge in [-0.05, 0) is 19.1 Å². The number of benzene rings is 1. The van der Waals surface area contributed by atoms with Crippen LogP contribution in [0.2, 0.25) is 0 Å². The molecule has 0 spiro atoms. The molecule has 16 heavy (non-hydrogen) atoms. The molecule has 0 saturated carbocycles. The monoisotopic (exact) mass is 235 g/mol. The summed E-state index contributed by atoms with van der Waals surface area (Å²) >= 11 is 5.02. The molecule has 84 valence electrons. The molecule has 0 unspecified atom stereocenters. The van der Waals surface area contributed by atoms with Crippen LogP contribution < -0.4 is 5.32 Å². The largest absolute Gasteiger partial charge is 0.465 e. The summed E-state index contributed by atoms with van der Waals surface area (Å²) in [5, 5.41) is 2.92. The molecule has 0 atom stereocenters. The van der Waals surface area contributed by atoms with Gasteiger partial charge < -0.3 is 10.1 Å². The van der Waals surface area contributed by atoms with E-state index in [9.17, 15) is 4.79 Å². The summed E-state index contributed by atoms with van der Waals surface area (Å²) < 4.78 is 4.52. The summed E-state index contributed by atoms with van der Waals surface area (Å²) in [6.45, 7) is 5.56. The van der Waals surface area contributed by atoms with Gasteiger partial charge in [0, 0.05) is 5.69 Å². The van der Waals surface area contributed by atoms with Gasteiger partial charge in [-0.3, -0.25) is 0 Å². The smallest absolute Gasteiger partial charge is 0.340 e. The maximum atomic E-state index is 11.1. The van der Waals surface area contributed by atoms with E-state index < -0.39 is 5.97 Å². The van der Waals surface area contributed by atoms with E-state index >= 15 is 0 Å². The molecule has 0 fully saturated rings. The number of carbonyl (C=O) groups is 1. The second kappa shape index (κ2) is 5.42. The Kier molecular flexibility index (Phi) is 4.19. The molecule has 1 rings (SSSR count). The van der Waals surface area contributed by atoms with Crippen LogP contribution in [0.1, 0.15) is 5.56 Å². The average molecular weight is 235 g/mol. The Morgan fingerprint density at radius 1 is 1.38 bits per heavy atom. The summed E-state index contributed by atoms with van der Waals surface area (Å²) in [7, 11) is 1.29. The van der Waals surface area contributed by atoms with E-state index in [0.29, 0.717) is 0 Å². The molecule has 4 heteroatoms. The Bertz CT molecular complexity index is 423. The van der Waals surface area contributed by atoms with E-state index in [2.05, 4.69) is 16.6 Å². The quantitative estimate of drug-likeness (QED) is 0.496. The predicted molar refractivity (Wildman–Crippen MR) is 68.6 cm³/mol. The van der Waals surface area contributed by atoms with Crippen LogP contribution in [-0.4, -0.2) is 18.1 Å². The maximum Gasteiger partial charge on any atom is 0.340 e. The minimum Gasteiger partial charge on any atom is -0.465 e. The molecule has 0 aromatic heterocycles. The van der Waals surface area contributed by atoms with Crippen molar-refractivity contribution >= 4 is 28.9 Å². The lowest BCUT2D eigenvalue weighted by atomic mass is 10.2. The lowest BCUT2D eigenvalue weighted by Crippen LogP contribution is -2.18. The zero-order valence-corrected chi connectivity index (χ0v) is 10.1. The van der Waals surface area contributed by atoms with Crippen molar-refractivity contribution < 1.29 is 9.53 Å². The number of anilines is 1. The Labute approximate surface area is 100 Å². The topological polar surface area (TPSA) is 38.3 Å². The van der Waals surface area contributed by atoms with Crippen molar-refractivity contribution in [1.82, 2.24) is 0 Å². The van der Waals surface area contributed by atoms with E-state index in [-0.39, 0.29) is 10.6 Å². The van der Waals surface area contributed by atoms with E-state index in [0.717, 1.165) is 11.3 Å². The zero-order chi connectivity index (χ0) is 12.1. The number of carbonyl (C=O) groups excluding carboxylic acids is 1. The molecule has 0 saturated heterocycles. The highest BCUT2D eigenvalue weighted by molar-refractivity contribution is 7.81. The highest BCUT2D eigenvalue weighted by atomic mass is 32.1. The number of aryl methyl sites for hydroxylation is 1. The second-order valence-electron chi connectivity index (χ2n) is 3.29. The second-order valence-corrected chi connectivity index (χ2v) is 3.70. The van der Waals surface area contributed by atoms with Crippen molar-refractivity contribution in [2.75, 3.05) is 12.4 Å². The molecule has 1 aromatic carbocycles. The van der Waals surface area contributed by atoms with E-state index in [1.165, 1.54) is 7.11 Å². The Morgan fingerprint density at radius 2 is 1.94 bits per heavy atom. The molecule has 0 heterocycles. The molecule has 0 aliphatic heterocycles. The standard InChI is InChI=1S/C12H13NO2S/c1-8-4-6-10(7-5-8)13-11(16)9(2)12(14)15-3/h4-7H,2H2,1,3H3,(H,13,16). The number of esters is 1.